The number of hydrogen-bond donors (Lipinski definition) is 0. The Kier molecular flexibility index (Phi) is 5.43. The molecule has 2 aliphatic rings. The fourth-order valence-corrected chi connectivity index (χ4v) is 4.47. The largest absolute Gasteiger partial charge is 0.491 e. The number of halogens is 1. The number of carbonyl (C=O) groups is 1. The van der Waals surface area contributed by atoms with Crippen LogP contribution in [0.25, 0.3) is 0 Å². The zero-order valence-electron chi connectivity index (χ0n) is 17.4. The lowest BCUT2D eigenvalue weighted by atomic mass is 9.99. The highest BCUT2D eigenvalue weighted by molar-refractivity contribution is 5.94. The van der Waals surface area contributed by atoms with Gasteiger partial charge < -0.3 is 9.64 Å². The van der Waals surface area contributed by atoms with E-state index < -0.39 is 5.82 Å². The van der Waals surface area contributed by atoms with E-state index in [1.807, 2.05) is 6.07 Å². The van der Waals surface area contributed by atoms with Crippen LogP contribution in [0.3, 0.4) is 0 Å². The van der Waals surface area contributed by atoms with Crippen LogP contribution in [-0.2, 0) is 26.1 Å². The molecule has 0 saturated carbocycles. The van der Waals surface area contributed by atoms with E-state index in [2.05, 4.69) is 41.3 Å². The number of ether oxygens (including phenoxy) is 1. The summed E-state index contributed by atoms with van der Waals surface area (Å²) in [6, 6.07) is 20.8. The monoisotopic (exact) mass is 416 g/mol. The second-order valence-corrected chi connectivity index (χ2v) is 8.26. The first kappa shape index (κ1) is 19.8. The first-order valence-electron chi connectivity index (χ1n) is 10.7. The zero-order valence-corrected chi connectivity index (χ0v) is 17.4. The third-order valence-corrected chi connectivity index (χ3v) is 6.08. The van der Waals surface area contributed by atoms with E-state index in [4.69, 9.17) is 4.74 Å². The van der Waals surface area contributed by atoms with Gasteiger partial charge in [-0.3, -0.25) is 9.69 Å². The lowest BCUT2D eigenvalue weighted by molar-refractivity contribution is 0.0732. The Bertz CT molecular complexity index is 1110. The predicted octanol–water partition coefficient (Wildman–Crippen LogP) is 4.42. The van der Waals surface area contributed by atoms with Gasteiger partial charge in [-0.1, -0.05) is 36.4 Å². The first-order chi connectivity index (χ1) is 15.2. The maximum absolute atomic E-state index is 13.6. The third-order valence-electron chi connectivity index (χ3n) is 6.08. The highest BCUT2D eigenvalue weighted by atomic mass is 19.1. The van der Waals surface area contributed by atoms with Crippen LogP contribution in [0.1, 0.15) is 32.6 Å². The fraction of sp³-hybridized carbons (Fsp3) is 0.269. The number of amides is 1. The molecular weight excluding hydrogens is 391 g/mol. The molecule has 0 atom stereocenters. The molecule has 0 radical (unpaired) electrons. The molecular formula is C26H25FN2O2. The Morgan fingerprint density at radius 1 is 0.903 bits per heavy atom. The summed E-state index contributed by atoms with van der Waals surface area (Å²) in [7, 11) is 0. The van der Waals surface area contributed by atoms with Crippen molar-refractivity contribution in [3.05, 3.63) is 100 Å². The Hall–Kier alpha value is -3.18. The lowest BCUT2D eigenvalue weighted by Crippen LogP contribution is -2.32. The molecule has 0 aromatic heterocycles. The summed E-state index contributed by atoms with van der Waals surface area (Å²) in [6.07, 6.45) is 1.07. The molecule has 0 unspecified atom stereocenters. The number of rotatable bonds is 3. The molecule has 0 aliphatic carbocycles. The van der Waals surface area contributed by atoms with Gasteiger partial charge in [0.25, 0.3) is 5.91 Å². The number of nitrogens with zero attached hydrogens (tertiary/aromatic N) is 2. The topological polar surface area (TPSA) is 32.8 Å². The van der Waals surface area contributed by atoms with Gasteiger partial charge in [-0.15, -0.1) is 0 Å². The van der Waals surface area contributed by atoms with Gasteiger partial charge in [0.2, 0.25) is 0 Å². The van der Waals surface area contributed by atoms with Crippen molar-refractivity contribution in [1.82, 2.24) is 9.80 Å². The average Bonchev–Trinajstić information content (AvgIpc) is 3.00. The molecule has 2 aliphatic heterocycles. The molecule has 0 N–H and O–H groups in total. The van der Waals surface area contributed by atoms with Gasteiger partial charge in [0.1, 0.15) is 18.2 Å². The maximum atomic E-state index is 13.6. The zero-order chi connectivity index (χ0) is 21.2. The van der Waals surface area contributed by atoms with Crippen LogP contribution < -0.4 is 4.74 Å². The van der Waals surface area contributed by atoms with Crippen molar-refractivity contribution in [3.8, 4) is 5.75 Å². The molecule has 0 saturated heterocycles. The Morgan fingerprint density at radius 3 is 2.65 bits per heavy atom. The highest BCUT2D eigenvalue weighted by Gasteiger charge is 2.22. The lowest BCUT2D eigenvalue weighted by Gasteiger charge is -2.29. The van der Waals surface area contributed by atoms with E-state index in [-0.39, 0.29) is 5.91 Å². The molecule has 0 spiro atoms. The molecule has 5 rings (SSSR count). The Morgan fingerprint density at radius 2 is 1.77 bits per heavy atom. The van der Waals surface area contributed by atoms with Crippen molar-refractivity contribution in [2.45, 2.75) is 26.1 Å². The van der Waals surface area contributed by atoms with Crippen molar-refractivity contribution >= 4 is 5.91 Å². The number of hydrogen-bond acceptors (Lipinski definition) is 3. The molecule has 3 aromatic rings. The smallest absolute Gasteiger partial charge is 0.254 e. The summed E-state index contributed by atoms with van der Waals surface area (Å²) in [5.74, 6) is 0.249. The standard InChI is InChI=1S/C26H25FN2O2/c27-24-7-3-6-21(15-24)26(30)29-12-13-31-25-9-8-19(14-23(25)18-29)16-28-11-10-20-4-1-2-5-22(20)17-28/h1-9,14-15H,10-13,16-18H2. The molecule has 2 heterocycles. The van der Waals surface area contributed by atoms with Crippen molar-refractivity contribution < 1.29 is 13.9 Å². The molecule has 3 aromatic carbocycles. The van der Waals surface area contributed by atoms with E-state index in [1.165, 1.54) is 28.8 Å². The average molecular weight is 416 g/mol. The molecule has 31 heavy (non-hydrogen) atoms. The fourth-order valence-electron chi connectivity index (χ4n) is 4.47. The quantitative estimate of drug-likeness (QED) is 0.634. The van der Waals surface area contributed by atoms with Crippen LogP contribution in [0.4, 0.5) is 4.39 Å². The summed E-state index contributed by atoms with van der Waals surface area (Å²) in [4.78, 5) is 17.1. The summed E-state index contributed by atoms with van der Waals surface area (Å²) in [5.41, 5.74) is 5.42. The van der Waals surface area contributed by atoms with E-state index in [9.17, 15) is 9.18 Å². The SMILES string of the molecule is O=C(c1cccc(F)c1)N1CCOc2ccc(CN3CCc4ccccc4C3)cc2C1. The minimum atomic E-state index is -0.400. The van der Waals surface area contributed by atoms with Crippen molar-refractivity contribution in [2.24, 2.45) is 0 Å². The predicted molar refractivity (Wildman–Crippen MR) is 117 cm³/mol. The van der Waals surface area contributed by atoms with Crippen molar-refractivity contribution in [1.29, 1.82) is 0 Å². The number of benzene rings is 3. The van der Waals surface area contributed by atoms with Gasteiger partial charge in [0.05, 0.1) is 6.54 Å². The van der Waals surface area contributed by atoms with E-state index in [0.717, 1.165) is 37.4 Å². The highest BCUT2D eigenvalue weighted by Crippen LogP contribution is 2.27. The normalized spacial score (nSPS) is 16.1. The van der Waals surface area contributed by atoms with E-state index in [0.29, 0.717) is 25.3 Å². The van der Waals surface area contributed by atoms with Crippen LogP contribution in [0.2, 0.25) is 0 Å². The van der Waals surface area contributed by atoms with Crippen LogP contribution >= 0.6 is 0 Å². The van der Waals surface area contributed by atoms with Gasteiger partial charge in [-0.2, -0.15) is 0 Å². The number of fused-ring (bicyclic) bond motifs is 2. The molecule has 0 fully saturated rings. The minimum absolute atomic E-state index is 0.172. The van der Waals surface area contributed by atoms with Crippen LogP contribution in [0.15, 0.2) is 66.7 Å². The number of carbonyl (C=O) groups excluding carboxylic acids is 1. The van der Waals surface area contributed by atoms with Gasteiger partial charge in [-0.05, 0) is 53.4 Å². The minimum Gasteiger partial charge on any atom is -0.491 e. The summed E-state index contributed by atoms with van der Waals surface area (Å²) < 4.78 is 19.5. The molecule has 4 nitrogen and oxygen atoms in total. The van der Waals surface area contributed by atoms with Crippen molar-refractivity contribution in [3.63, 3.8) is 0 Å². The summed E-state index contributed by atoms with van der Waals surface area (Å²) >= 11 is 0. The molecule has 1 amide bonds. The van der Waals surface area contributed by atoms with Gasteiger partial charge in [-0.25, -0.2) is 4.39 Å². The molecule has 5 heteroatoms. The van der Waals surface area contributed by atoms with Crippen LogP contribution in [-0.4, -0.2) is 35.4 Å². The molecule has 158 valence electrons. The second kappa shape index (κ2) is 8.52. The first-order valence-corrected chi connectivity index (χ1v) is 10.7. The van der Waals surface area contributed by atoms with Crippen molar-refractivity contribution in [2.75, 3.05) is 19.7 Å². The van der Waals surface area contributed by atoms with Crippen LogP contribution in [0.5, 0.6) is 5.75 Å². The Labute approximate surface area is 181 Å². The second-order valence-electron chi connectivity index (χ2n) is 8.26. The Balaban J connectivity index is 1.32. The van der Waals surface area contributed by atoms with Gasteiger partial charge in [0, 0.05) is 37.3 Å². The van der Waals surface area contributed by atoms with E-state index in [1.54, 1.807) is 17.0 Å². The van der Waals surface area contributed by atoms with E-state index >= 15 is 0 Å². The third kappa shape index (κ3) is 4.32. The van der Waals surface area contributed by atoms with Gasteiger partial charge >= 0.3 is 0 Å². The van der Waals surface area contributed by atoms with Gasteiger partial charge in [0.15, 0.2) is 0 Å². The molecule has 0 bridgehead atoms. The summed E-state index contributed by atoms with van der Waals surface area (Å²) in [6.45, 7) is 4.21. The summed E-state index contributed by atoms with van der Waals surface area (Å²) in [5, 5.41) is 0. The van der Waals surface area contributed by atoms with Crippen LogP contribution in [0, 0.1) is 5.82 Å². The maximum Gasteiger partial charge on any atom is 0.254 e.